The Morgan fingerprint density at radius 3 is 2.17 bits per heavy atom. The summed E-state index contributed by atoms with van der Waals surface area (Å²) in [6, 6.07) is 9.13. The van der Waals surface area contributed by atoms with Crippen LogP contribution in [0.1, 0.15) is 12.8 Å². The van der Waals surface area contributed by atoms with E-state index in [-0.39, 0.29) is 10.6 Å². The van der Waals surface area contributed by atoms with Gasteiger partial charge in [-0.05, 0) is 43.2 Å². The second-order valence-electron chi connectivity index (χ2n) is 6.27. The van der Waals surface area contributed by atoms with Crippen molar-refractivity contribution >= 4 is 25.7 Å². The van der Waals surface area contributed by atoms with Gasteiger partial charge >= 0.3 is 6.36 Å². The van der Waals surface area contributed by atoms with Crippen LogP contribution in [0.4, 0.5) is 18.9 Å². The smallest absolute Gasteiger partial charge is 0.406 e. The standard InChI is InChI=1S/C17H17F3N2O5S2/c18-17(19,20)27-14-6-4-7-15(12-14)28(23,24)21-13-5-3-8-16(11-13)29(25,26)22-9-1-2-10-22/h3-8,11-12,21H,1-2,9-10H2. The lowest BCUT2D eigenvalue weighted by Crippen LogP contribution is -2.27. The largest absolute Gasteiger partial charge is 0.573 e. The van der Waals surface area contributed by atoms with Gasteiger partial charge < -0.3 is 4.74 Å². The number of alkyl halides is 3. The third kappa shape index (κ3) is 5.19. The van der Waals surface area contributed by atoms with Crippen molar-refractivity contribution < 1.29 is 34.7 Å². The Kier molecular flexibility index (Phi) is 5.79. The van der Waals surface area contributed by atoms with E-state index < -0.39 is 37.1 Å². The molecule has 0 aliphatic carbocycles. The van der Waals surface area contributed by atoms with Crippen molar-refractivity contribution in [2.75, 3.05) is 17.8 Å². The van der Waals surface area contributed by atoms with Gasteiger partial charge in [0.15, 0.2) is 0 Å². The molecule has 158 valence electrons. The van der Waals surface area contributed by atoms with Gasteiger partial charge in [-0.3, -0.25) is 4.72 Å². The van der Waals surface area contributed by atoms with E-state index in [0.29, 0.717) is 13.1 Å². The molecule has 0 amide bonds. The molecule has 0 radical (unpaired) electrons. The monoisotopic (exact) mass is 450 g/mol. The lowest BCUT2D eigenvalue weighted by molar-refractivity contribution is -0.274. The molecule has 1 saturated heterocycles. The zero-order valence-corrected chi connectivity index (χ0v) is 16.5. The fourth-order valence-corrected chi connectivity index (χ4v) is 5.50. The van der Waals surface area contributed by atoms with E-state index in [1.807, 2.05) is 0 Å². The number of hydrogen-bond donors (Lipinski definition) is 1. The second-order valence-corrected chi connectivity index (χ2v) is 9.89. The van der Waals surface area contributed by atoms with Crippen LogP contribution < -0.4 is 9.46 Å². The molecule has 29 heavy (non-hydrogen) atoms. The summed E-state index contributed by atoms with van der Waals surface area (Å²) in [6.45, 7) is 0.786. The molecule has 1 heterocycles. The number of nitrogens with one attached hydrogen (secondary N) is 1. The van der Waals surface area contributed by atoms with Crippen molar-refractivity contribution in [1.29, 1.82) is 0 Å². The molecule has 3 rings (SSSR count). The van der Waals surface area contributed by atoms with Crippen LogP contribution in [0.15, 0.2) is 58.3 Å². The number of ether oxygens (including phenoxy) is 1. The summed E-state index contributed by atoms with van der Waals surface area (Å²) in [5.41, 5.74) is -0.0348. The molecule has 0 bridgehead atoms. The van der Waals surface area contributed by atoms with Gasteiger partial charge in [-0.25, -0.2) is 16.8 Å². The third-order valence-corrected chi connectivity index (χ3v) is 7.41. The van der Waals surface area contributed by atoms with E-state index in [1.54, 1.807) is 0 Å². The van der Waals surface area contributed by atoms with Gasteiger partial charge in [-0.1, -0.05) is 12.1 Å². The van der Waals surface area contributed by atoms with Gasteiger partial charge in [-0.15, -0.1) is 13.2 Å². The molecule has 0 spiro atoms. The summed E-state index contributed by atoms with van der Waals surface area (Å²) in [5, 5.41) is 0. The molecule has 7 nitrogen and oxygen atoms in total. The maximum Gasteiger partial charge on any atom is 0.573 e. The molecule has 0 atom stereocenters. The Hall–Kier alpha value is -2.31. The van der Waals surface area contributed by atoms with Gasteiger partial charge in [0.1, 0.15) is 5.75 Å². The third-order valence-electron chi connectivity index (χ3n) is 4.14. The predicted molar refractivity (Wildman–Crippen MR) is 98.4 cm³/mol. The fourth-order valence-electron chi connectivity index (χ4n) is 2.85. The molecule has 0 unspecified atom stereocenters. The Bertz CT molecular complexity index is 1100. The molecule has 0 aromatic heterocycles. The second kappa shape index (κ2) is 7.84. The number of benzene rings is 2. The van der Waals surface area contributed by atoms with Crippen LogP contribution >= 0.6 is 0 Å². The fraction of sp³-hybridized carbons (Fsp3) is 0.294. The maximum atomic E-state index is 12.6. The average molecular weight is 450 g/mol. The molecular formula is C17H17F3N2O5S2. The molecule has 12 heteroatoms. The number of halogens is 3. The van der Waals surface area contributed by atoms with E-state index in [9.17, 15) is 30.0 Å². The Morgan fingerprint density at radius 2 is 1.52 bits per heavy atom. The predicted octanol–water partition coefficient (Wildman–Crippen LogP) is 3.17. The van der Waals surface area contributed by atoms with Crippen LogP contribution in [0.25, 0.3) is 0 Å². The highest BCUT2D eigenvalue weighted by Gasteiger charge is 2.32. The summed E-state index contributed by atoms with van der Waals surface area (Å²) in [4.78, 5) is -0.541. The first-order valence-corrected chi connectivity index (χ1v) is 11.4. The van der Waals surface area contributed by atoms with Crippen LogP contribution in [0.2, 0.25) is 0 Å². The summed E-state index contributed by atoms with van der Waals surface area (Å²) >= 11 is 0. The van der Waals surface area contributed by atoms with Gasteiger partial charge in [0.05, 0.1) is 15.5 Å². The summed E-state index contributed by atoms with van der Waals surface area (Å²) in [7, 11) is -8.03. The van der Waals surface area contributed by atoms with Crippen LogP contribution in [0.5, 0.6) is 5.75 Å². The summed E-state index contributed by atoms with van der Waals surface area (Å²) < 4.78 is 94.6. The van der Waals surface area contributed by atoms with Crippen molar-refractivity contribution in [3.05, 3.63) is 48.5 Å². The van der Waals surface area contributed by atoms with Crippen LogP contribution in [-0.4, -0.2) is 40.6 Å². The van der Waals surface area contributed by atoms with E-state index in [2.05, 4.69) is 9.46 Å². The number of nitrogens with zero attached hydrogens (tertiary/aromatic N) is 1. The van der Waals surface area contributed by atoms with Crippen LogP contribution in [0.3, 0.4) is 0 Å². The molecule has 2 aromatic carbocycles. The molecular weight excluding hydrogens is 433 g/mol. The van der Waals surface area contributed by atoms with Crippen molar-refractivity contribution in [3.8, 4) is 5.75 Å². The Labute approximate surface area is 166 Å². The van der Waals surface area contributed by atoms with Gasteiger partial charge in [-0.2, -0.15) is 4.31 Å². The van der Waals surface area contributed by atoms with Gasteiger partial charge in [0.2, 0.25) is 10.0 Å². The summed E-state index contributed by atoms with van der Waals surface area (Å²) in [6.07, 6.45) is -3.46. The van der Waals surface area contributed by atoms with Crippen LogP contribution in [0, 0.1) is 0 Å². The normalized spacial score (nSPS) is 16.0. The topological polar surface area (TPSA) is 92.8 Å². The van der Waals surface area contributed by atoms with Crippen molar-refractivity contribution in [3.63, 3.8) is 0 Å². The first-order chi connectivity index (χ1) is 13.5. The van der Waals surface area contributed by atoms with Crippen molar-refractivity contribution in [2.24, 2.45) is 0 Å². The maximum absolute atomic E-state index is 12.6. The van der Waals surface area contributed by atoms with Gasteiger partial charge in [0.25, 0.3) is 10.0 Å². The number of rotatable bonds is 6. The lowest BCUT2D eigenvalue weighted by Gasteiger charge is -2.16. The molecule has 1 aliphatic rings. The molecule has 1 N–H and O–H groups in total. The van der Waals surface area contributed by atoms with E-state index in [1.165, 1.54) is 28.6 Å². The lowest BCUT2D eigenvalue weighted by atomic mass is 10.3. The minimum absolute atomic E-state index is 0.0348. The average Bonchev–Trinajstić information content (AvgIpc) is 3.16. The first-order valence-electron chi connectivity index (χ1n) is 8.46. The van der Waals surface area contributed by atoms with E-state index in [4.69, 9.17) is 0 Å². The number of hydrogen-bond acceptors (Lipinski definition) is 5. The Balaban J connectivity index is 1.85. The SMILES string of the molecule is O=S(=O)(Nc1cccc(S(=O)(=O)N2CCCC2)c1)c1cccc(OC(F)(F)F)c1. The highest BCUT2D eigenvalue weighted by molar-refractivity contribution is 7.92. The van der Waals surface area contributed by atoms with E-state index in [0.717, 1.165) is 37.1 Å². The summed E-state index contributed by atoms with van der Waals surface area (Å²) in [5.74, 6) is -0.689. The molecule has 0 saturated carbocycles. The zero-order chi connectivity index (χ0) is 21.3. The van der Waals surface area contributed by atoms with Gasteiger partial charge in [0, 0.05) is 19.2 Å². The minimum Gasteiger partial charge on any atom is -0.406 e. The highest BCUT2D eigenvalue weighted by atomic mass is 32.2. The highest BCUT2D eigenvalue weighted by Crippen LogP contribution is 2.27. The van der Waals surface area contributed by atoms with Crippen molar-refractivity contribution in [2.45, 2.75) is 29.0 Å². The van der Waals surface area contributed by atoms with E-state index >= 15 is 0 Å². The number of anilines is 1. The zero-order valence-electron chi connectivity index (χ0n) is 14.9. The Morgan fingerprint density at radius 1 is 0.897 bits per heavy atom. The quantitative estimate of drug-likeness (QED) is 0.730. The minimum atomic E-state index is -4.96. The molecule has 1 fully saturated rings. The number of sulfonamides is 2. The molecule has 2 aromatic rings. The van der Waals surface area contributed by atoms with Crippen molar-refractivity contribution in [1.82, 2.24) is 4.31 Å². The van der Waals surface area contributed by atoms with Crippen LogP contribution in [-0.2, 0) is 20.0 Å². The molecule has 1 aliphatic heterocycles. The first kappa shape index (κ1) is 21.4.